The van der Waals surface area contributed by atoms with Gasteiger partial charge in [-0.25, -0.2) is 0 Å². The van der Waals surface area contributed by atoms with E-state index in [9.17, 15) is 9.59 Å². The molecule has 0 aliphatic carbocycles. The number of piperidine rings is 1. The maximum absolute atomic E-state index is 12.5. The van der Waals surface area contributed by atoms with Crippen LogP contribution in [0.15, 0.2) is 18.2 Å². The molecule has 20 heavy (non-hydrogen) atoms. The number of carbonyl (C=O) groups excluding carboxylic acids is 1. The summed E-state index contributed by atoms with van der Waals surface area (Å²) >= 11 is 0. The predicted octanol–water partition coefficient (Wildman–Crippen LogP) is 1.94. The minimum absolute atomic E-state index is 0.0885. The Labute approximate surface area is 118 Å². The van der Waals surface area contributed by atoms with Crippen LogP contribution in [-0.4, -0.2) is 42.1 Å². The molecule has 1 aromatic rings. The number of ether oxygens (including phenoxy) is 1. The molecule has 1 aliphatic heterocycles. The number of nitrogens with zero attached hydrogens (tertiary/aromatic N) is 1. The van der Waals surface area contributed by atoms with Crippen LogP contribution in [-0.2, 0) is 4.79 Å². The van der Waals surface area contributed by atoms with Gasteiger partial charge in [0, 0.05) is 13.1 Å². The summed E-state index contributed by atoms with van der Waals surface area (Å²) in [5.74, 6) is -0.640. The molecule has 0 spiro atoms. The van der Waals surface area contributed by atoms with Crippen LogP contribution in [0.4, 0.5) is 0 Å². The average molecular weight is 277 g/mol. The quantitative estimate of drug-likeness (QED) is 0.917. The van der Waals surface area contributed by atoms with Crippen LogP contribution in [0.25, 0.3) is 0 Å². The Morgan fingerprint density at radius 2 is 1.95 bits per heavy atom. The fourth-order valence-electron chi connectivity index (χ4n) is 2.49. The van der Waals surface area contributed by atoms with Gasteiger partial charge in [-0.05, 0) is 31.9 Å². The van der Waals surface area contributed by atoms with Crippen LogP contribution in [0.1, 0.15) is 28.8 Å². The lowest BCUT2D eigenvalue weighted by Crippen LogP contribution is -2.40. The summed E-state index contributed by atoms with van der Waals surface area (Å²) in [6.07, 6.45) is 1.02. The minimum Gasteiger partial charge on any atom is -0.496 e. The van der Waals surface area contributed by atoms with E-state index >= 15 is 0 Å². The second kappa shape index (κ2) is 5.94. The molecule has 0 saturated carbocycles. The number of aliphatic carboxylic acids is 1. The van der Waals surface area contributed by atoms with Crippen LogP contribution in [0.5, 0.6) is 5.75 Å². The van der Waals surface area contributed by atoms with Crippen molar-refractivity contribution in [2.24, 2.45) is 5.92 Å². The van der Waals surface area contributed by atoms with Gasteiger partial charge in [-0.1, -0.05) is 11.6 Å². The predicted molar refractivity (Wildman–Crippen MR) is 74.0 cm³/mol. The lowest BCUT2D eigenvalue weighted by Gasteiger charge is -2.30. The second-order valence-corrected chi connectivity index (χ2v) is 5.11. The van der Waals surface area contributed by atoms with Gasteiger partial charge in [-0.2, -0.15) is 0 Å². The van der Waals surface area contributed by atoms with E-state index in [1.165, 1.54) is 7.11 Å². The third kappa shape index (κ3) is 2.92. The summed E-state index contributed by atoms with van der Waals surface area (Å²) in [7, 11) is 1.54. The first-order chi connectivity index (χ1) is 9.52. The molecule has 0 unspecified atom stereocenters. The van der Waals surface area contributed by atoms with E-state index in [1.807, 2.05) is 19.1 Å². The Morgan fingerprint density at radius 1 is 1.30 bits per heavy atom. The Kier molecular flexibility index (Phi) is 4.27. The van der Waals surface area contributed by atoms with Gasteiger partial charge in [-0.15, -0.1) is 0 Å². The van der Waals surface area contributed by atoms with E-state index in [1.54, 1.807) is 11.0 Å². The lowest BCUT2D eigenvalue weighted by atomic mass is 9.96. The first-order valence-electron chi connectivity index (χ1n) is 6.69. The van der Waals surface area contributed by atoms with E-state index < -0.39 is 5.97 Å². The lowest BCUT2D eigenvalue weighted by molar-refractivity contribution is -0.143. The topological polar surface area (TPSA) is 66.8 Å². The molecule has 0 radical (unpaired) electrons. The van der Waals surface area contributed by atoms with E-state index in [4.69, 9.17) is 9.84 Å². The molecule has 1 aliphatic rings. The number of benzene rings is 1. The number of carbonyl (C=O) groups is 2. The normalized spacial score (nSPS) is 16.0. The molecular weight excluding hydrogens is 258 g/mol. The first kappa shape index (κ1) is 14.4. The van der Waals surface area contributed by atoms with Crippen LogP contribution < -0.4 is 4.74 Å². The van der Waals surface area contributed by atoms with E-state index in [0.717, 1.165) is 5.56 Å². The number of aryl methyl sites for hydroxylation is 1. The van der Waals surface area contributed by atoms with Crippen LogP contribution >= 0.6 is 0 Å². The molecule has 1 aromatic carbocycles. The molecule has 0 atom stereocenters. The minimum atomic E-state index is -0.773. The van der Waals surface area contributed by atoms with Crippen LogP contribution in [0.3, 0.4) is 0 Å². The van der Waals surface area contributed by atoms with Gasteiger partial charge in [0.15, 0.2) is 0 Å². The fourth-order valence-corrected chi connectivity index (χ4v) is 2.49. The van der Waals surface area contributed by atoms with Crippen LogP contribution in [0, 0.1) is 12.8 Å². The second-order valence-electron chi connectivity index (χ2n) is 5.11. The van der Waals surface area contributed by atoms with Gasteiger partial charge in [0.1, 0.15) is 5.75 Å². The van der Waals surface area contributed by atoms with Gasteiger partial charge in [-0.3, -0.25) is 9.59 Å². The van der Waals surface area contributed by atoms with Gasteiger partial charge in [0.05, 0.1) is 18.6 Å². The van der Waals surface area contributed by atoms with Crippen molar-refractivity contribution in [3.8, 4) is 5.75 Å². The van der Waals surface area contributed by atoms with Crippen molar-refractivity contribution in [3.63, 3.8) is 0 Å². The van der Waals surface area contributed by atoms with E-state index in [2.05, 4.69) is 0 Å². The van der Waals surface area contributed by atoms with Gasteiger partial charge >= 0.3 is 5.97 Å². The molecule has 0 bridgehead atoms. The van der Waals surface area contributed by atoms with E-state index in [-0.39, 0.29) is 11.8 Å². The van der Waals surface area contributed by atoms with Crippen molar-refractivity contribution < 1.29 is 19.4 Å². The molecule has 1 saturated heterocycles. The summed E-state index contributed by atoms with van der Waals surface area (Å²) in [5.41, 5.74) is 1.54. The Balaban J connectivity index is 2.13. The zero-order chi connectivity index (χ0) is 14.7. The van der Waals surface area contributed by atoms with Gasteiger partial charge in [0.25, 0.3) is 5.91 Å². The first-order valence-corrected chi connectivity index (χ1v) is 6.69. The molecule has 2 rings (SSSR count). The molecule has 108 valence electrons. The van der Waals surface area contributed by atoms with Crippen molar-refractivity contribution in [3.05, 3.63) is 29.3 Å². The SMILES string of the molecule is COc1ccc(C)cc1C(=O)N1CCC(C(=O)O)CC1. The van der Waals surface area contributed by atoms with Gasteiger partial charge < -0.3 is 14.7 Å². The molecule has 5 nitrogen and oxygen atoms in total. The molecular formula is C15H19NO4. The number of hydrogen-bond donors (Lipinski definition) is 1. The molecule has 1 N–H and O–H groups in total. The highest BCUT2D eigenvalue weighted by atomic mass is 16.5. The Bertz CT molecular complexity index is 519. The van der Waals surface area contributed by atoms with Crippen molar-refractivity contribution >= 4 is 11.9 Å². The number of amides is 1. The van der Waals surface area contributed by atoms with E-state index in [0.29, 0.717) is 37.2 Å². The monoisotopic (exact) mass is 277 g/mol. The zero-order valence-corrected chi connectivity index (χ0v) is 11.8. The van der Waals surface area contributed by atoms with Crippen molar-refractivity contribution in [2.75, 3.05) is 20.2 Å². The highest BCUT2D eigenvalue weighted by Crippen LogP contribution is 2.24. The third-order valence-electron chi connectivity index (χ3n) is 3.72. The van der Waals surface area contributed by atoms with Crippen LogP contribution in [0.2, 0.25) is 0 Å². The molecule has 0 aromatic heterocycles. The summed E-state index contributed by atoms with van der Waals surface area (Å²) < 4.78 is 5.23. The Hall–Kier alpha value is -2.04. The molecule has 5 heteroatoms. The highest BCUT2D eigenvalue weighted by molar-refractivity contribution is 5.97. The number of likely N-dealkylation sites (tertiary alicyclic amines) is 1. The number of methoxy groups -OCH3 is 1. The molecule has 1 fully saturated rings. The smallest absolute Gasteiger partial charge is 0.306 e. The number of carboxylic acids is 1. The summed E-state index contributed by atoms with van der Waals surface area (Å²) in [4.78, 5) is 25.1. The highest BCUT2D eigenvalue weighted by Gasteiger charge is 2.28. The average Bonchev–Trinajstić information content (AvgIpc) is 2.46. The van der Waals surface area contributed by atoms with Crippen molar-refractivity contribution in [1.82, 2.24) is 4.90 Å². The maximum Gasteiger partial charge on any atom is 0.306 e. The molecule has 1 amide bonds. The fraction of sp³-hybridized carbons (Fsp3) is 0.467. The largest absolute Gasteiger partial charge is 0.496 e. The summed E-state index contributed by atoms with van der Waals surface area (Å²) in [6.45, 7) is 2.88. The number of carboxylic acid groups (broad SMARTS) is 1. The zero-order valence-electron chi connectivity index (χ0n) is 11.8. The summed E-state index contributed by atoms with van der Waals surface area (Å²) in [5, 5.41) is 8.98. The third-order valence-corrected chi connectivity index (χ3v) is 3.72. The summed E-state index contributed by atoms with van der Waals surface area (Å²) in [6, 6.07) is 5.49. The Morgan fingerprint density at radius 3 is 2.50 bits per heavy atom. The van der Waals surface area contributed by atoms with Crippen molar-refractivity contribution in [2.45, 2.75) is 19.8 Å². The maximum atomic E-state index is 12.5. The molecule has 1 heterocycles. The number of hydrogen-bond acceptors (Lipinski definition) is 3. The standard InChI is InChI=1S/C15H19NO4/c1-10-3-4-13(20-2)12(9-10)14(17)16-7-5-11(6-8-16)15(18)19/h3-4,9,11H,5-8H2,1-2H3,(H,18,19). The van der Waals surface area contributed by atoms with Gasteiger partial charge in [0.2, 0.25) is 0 Å². The number of rotatable bonds is 3. The van der Waals surface area contributed by atoms with Crippen molar-refractivity contribution in [1.29, 1.82) is 0 Å².